The number of benzene rings is 1. The van der Waals surface area contributed by atoms with Crippen molar-refractivity contribution >= 4 is 34.5 Å². The zero-order chi connectivity index (χ0) is 27.6. The first-order chi connectivity index (χ1) is 17.6. The molecule has 1 N–H and O–H groups in total. The fraction of sp³-hybridized carbons (Fsp3) is 0.500. The van der Waals surface area contributed by atoms with E-state index in [0.717, 1.165) is 16.8 Å². The van der Waals surface area contributed by atoms with E-state index in [1.165, 1.54) is 0 Å². The van der Waals surface area contributed by atoms with Crippen molar-refractivity contribution in [3.8, 4) is 11.3 Å². The lowest BCUT2D eigenvalue weighted by Crippen LogP contribution is -2.63. The molecule has 7 nitrogen and oxygen atoms in total. The van der Waals surface area contributed by atoms with Crippen molar-refractivity contribution in [1.82, 2.24) is 14.8 Å². The summed E-state index contributed by atoms with van der Waals surface area (Å²) in [5.74, 6) is -0.0435. The highest BCUT2D eigenvalue weighted by Gasteiger charge is 2.47. The molecule has 5 rings (SSSR count). The Balaban J connectivity index is 1.42. The Morgan fingerprint density at radius 1 is 1.08 bits per heavy atom. The van der Waals surface area contributed by atoms with Crippen LogP contribution in [0, 0.1) is 5.92 Å². The van der Waals surface area contributed by atoms with Gasteiger partial charge in [-0.25, -0.2) is 4.98 Å². The van der Waals surface area contributed by atoms with Crippen molar-refractivity contribution in [2.24, 2.45) is 5.92 Å². The first kappa shape index (κ1) is 26.7. The van der Waals surface area contributed by atoms with Gasteiger partial charge in [-0.15, -0.1) is 0 Å². The molecule has 2 amide bonds. The fourth-order valence-electron chi connectivity index (χ4n) is 5.74. The second kappa shape index (κ2) is 9.09. The van der Waals surface area contributed by atoms with Crippen LogP contribution in [0.5, 0.6) is 0 Å². The summed E-state index contributed by atoms with van der Waals surface area (Å²) < 4.78 is 6.22. The number of aromatic nitrogens is 1. The zero-order valence-electron chi connectivity index (χ0n) is 23.0. The minimum Gasteiger partial charge on any atom is -0.449 e. The minimum atomic E-state index is -0.748. The standard InChI is InChI=1S/C30H36ClN3O4/c1-28(2,3)21-13-22(18-7-9-20(31)10-8-18)32-23-14-24(38-25(21)23)27(36)34-12-11-33(17-29(34,4)5)26(35)19-15-30(6,37)16-19/h7-10,13-14,19,37H,11-12,15-17H2,1-6H3/t19-,30+. The average molecular weight is 538 g/mol. The van der Waals surface area contributed by atoms with Gasteiger partial charge in [-0.3, -0.25) is 9.59 Å². The molecule has 3 heterocycles. The third-order valence-corrected chi connectivity index (χ3v) is 8.07. The molecule has 0 radical (unpaired) electrons. The quantitative estimate of drug-likeness (QED) is 0.465. The molecule has 1 aromatic carbocycles. The molecule has 3 aromatic rings. The summed E-state index contributed by atoms with van der Waals surface area (Å²) >= 11 is 6.09. The van der Waals surface area contributed by atoms with E-state index in [1.54, 1.807) is 17.9 Å². The van der Waals surface area contributed by atoms with Gasteiger partial charge in [0.25, 0.3) is 5.91 Å². The maximum atomic E-state index is 13.8. The molecule has 0 bridgehead atoms. The number of furan rings is 1. The van der Waals surface area contributed by atoms with E-state index in [9.17, 15) is 14.7 Å². The molecule has 1 aliphatic carbocycles. The maximum absolute atomic E-state index is 13.8. The topological polar surface area (TPSA) is 86.9 Å². The molecule has 38 heavy (non-hydrogen) atoms. The Morgan fingerprint density at radius 2 is 1.74 bits per heavy atom. The SMILES string of the molecule is CC(C)(C)c1cc(-c2ccc(Cl)cc2)nc2cc(C(=O)N3CCN(C(=O)[C@H]4C[C@@](C)(O)C4)CC3(C)C)oc12. The highest BCUT2D eigenvalue weighted by molar-refractivity contribution is 6.30. The molecule has 8 heteroatoms. The number of hydrogen-bond acceptors (Lipinski definition) is 5. The number of carbonyl (C=O) groups excluding carboxylic acids is 2. The second-order valence-electron chi connectivity index (χ2n) is 12.8. The number of rotatable bonds is 3. The summed E-state index contributed by atoms with van der Waals surface area (Å²) in [6, 6.07) is 11.3. The molecule has 2 fully saturated rings. The summed E-state index contributed by atoms with van der Waals surface area (Å²) in [5.41, 5.74) is 2.38. The lowest BCUT2D eigenvalue weighted by Gasteiger charge is -2.49. The van der Waals surface area contributed by atoms with Gasteiger partial charge in [0, 0.05) is 47.8 Å². The predicted molar refractivity (Wildman–Crippen MR) is 148 cm³/mol. The molecule has 2 aliphatic rings. The van der Waals surface area contributed by atoms with Crippen LogP contribution in [0.15, 0.2) is 40.8 Å². The minimum absolute atomic E-state index is 0.0641. The Kier molecular flexibility index (Phi) is 6.39. The number of halogens is 1. The van der Waals surface area contributed by atoms with Gasteiger partial charge in [0.2, 0.25) is 5.91 Å². The average Bonchev–Trinajstić information content (AvgIpc) is 3.24. The van der Waals surface area contributed by atoms with E-state index in [0.29, 0.717) is 48.6 Å². The number of nitrogens with zero attached hydrogens (tertiary/aromatic N) is 3. The van der Waals surface area contributed by atoms with Crippen molar-refractivity contribution in [2.75, 3.05) is 19.6 Å². The van der Waals surface area contributed by atoms with E-state index in [2.05, 4.69) is 20.8 Å². The molecule has 202 valence electrons. The van der Waals surface area contributed by atoms with E-state index in [4.69, 9.17) is 21.0 Å². The lowest BCUT2D eigenvalue weighted by atomic mass is 9.71. The number of aliphatic hydroxyl groups is 1. The van der Waals surface area contributed by atoms with Gasteiger partial charge in [-0.1, -0.05) is 44.5 Å². The van der Waals surface area contributed by atoms with Gasteiger partial charge in [-0.2, -0.15) is 0 Å². The Labute approximate surface area is 228 Å². The molecule has 0 atom stereocenters. The fourth-order valence-corrected chi connectivity index (χ4v) is 5.87. The van der Waals surface area contributed by atoms with Crippen LogP contribution in [0.3, 0.4) is 0 Å². The first-order valence-corrected chi connectivity index (χ1v) is 13.6. The van der Waals surface area contributed by atoms with Crippen LogP contribution >= 0.6 is 11.6 Å². The zero-order valence-corrected chi connectivity index (χ0v) is 23.7. The summed E-state index contributed by atoms with van der Waals surface area (Å²) in [6.07, 6.45) is 0.983. The van der Waals surface area contributed by atoms with Crippen LogP contribution in [0.1, 0.15) is 70.5 Å². The Morgan fingerprint density at radius 3 is 2.32 bits per heavy atom. The van der Waals surface area contributed by atoms with E-state index >= 15 is 0 Å². The van der Waals surface area contributed by atoms with Crippen LogP contribution < -0.4 is 0 Å². The van der Waals surface area contributed by atoms with Crippen molar-refractivity contribution in [3.63, 3.8) is 0 Å². The monoisotopic (exact) mass is 537 g/mol. The Bertz CT molecular complexity index is 1390. The van der Waals surface area contributed by atoms with Crippen LogP contribution in [-0.2, 0) is 10.2 Å². The van der Waals surface area contributed by atoms with Crippen molar-refractivity contribution < 1.29 is 19.1 Å². The van der Waals surface area contributed by atoms with Crippen LogP contribution in [0.2, 0.25) is 5.02 Å². The van der Waals surface area contributed by atoms with Gasteiger partial charge >= 0.3 is 0 Å². The highest BCUT2D eigenvalue weighted by atomic mass is 35.5. The number of pyridine rings is 1. The third kappa shape index (κ3) is 4.94. The van der Waals surface area contributed by atoms with Crippen LogP contribution in [0.25, 0.3) is 22.4 Å². The molecule has 0 spiro atoms. The maximum Gasteiger partial charge on any atom is 0.290 e. The van der Waals surface area contributed by atoms with Crippen molar-refractivity contribution in [2.45, 2.75) is 70.9 Å². The molecular formula is C30H36ClN3O4. The molecule has 1 saturated heterocycles. The summed E-state index contributed by atoms with van der Waals surface area (Å²) in [5, 5.41) is 10.7. The van der Waals surface area contributed by atoms with Crippen LogP contribution in [-0.4, -0.2) is 62.5 Å². The number of carbonyl (C=O) groups is 2. The number of amides is 2. The number of fused-ring (bicyclic) bond motifs is 1. The first-order valence-electron chi connectivity index (χ1n) is 13.2. The van der Waals surface area contributed by atoms with Gasteiger partial charge in [0.1, 0.15) is 5.52 Å². The van der Waals surface area contributed by atoms with Crippen molar-refractivity contribution in [1.29, 1.82) is 0 Å². The summed E-state index contributed by atoms with van der Waals surface area (Å²) in [4.78, 5) is 35.2. The largest absolute Gasteiger partial charge is 0.449 e. The number of hydrogen-bond donors (Lipinski definition) is 1. The van der Waals surface area contributed by atoms with Crippen molar-refractivity contribution in [3.05, 3.63) is 52.7 Å². The molecule has 1 aliphatic heterocycles. The molecular weight excluding hydrogens is 502 g/mol. The highest BCUT2D eigenvalue weighted by Crippen LogP contribution is 2.40. The van der Waals surface area contributed by atoms with E-state index in [1.807, 2.05) is 49.1 Å². The van der Waals surface area contributed by atoms with Crippen LogP contribution in [0.4, 0.5) is 0 Å². The predicted octanol–water partition coefficient (Wildman–Crippen LogP) is 5.67. The molecule has 1 saturated carbocycles. The van der Waals surface area contributed by atoms with Gasteiger partial charge in [0.05, 0.1) is 16.8 Å². The summed E-state index contributed by atoms with van der Waals surface area (Å²) in [7, 11) is 0. The normalized spacial score (nSPS) is 23.4. The van der Waals surface area contributed by atoms with E-state index in [-0.39, 0.29) is 28.9 Å². The summed E-state index contributed by atoms with van der Waals surface area (Å²) in [6.45, 7) is 13.3. The smallest absolute Gasteiger partial charge is 0.290 e. The van der Waals surface area contributed by atoms with E-state index < -0.39 is 11.1 Å². The lowest BCUT2D eigenvalue weighted by molar-refractivity contribution is -0.153. The Hall–Kier alpha value is -2.90. The molecule has 0 unspecified atom stereocenters. The van der Waals surface area contributed by atoms with Gasteiger partial charge in [0.15, 0.2) is 11.3 Å². The molecule has 2 aromatic heterocycles. The number of piperazine rings is 1. The van der Waals surface area contributed by atoms with Gasteiger partial charge in [-0.05, 0) is 57.2 Å². The second-order valence-corrected chi connectivity index (χ2v) is 13.2. The van der Waals surface area contributed by atoms with Gasteiger partial charge < -0.3 is 19.3 Å². The third-order valence-electron chi connectivity index (χ3n) is 7.82.